The summed E-state index contributed by atoms with van der Waals surface area (Å²) in [6.45, 7) is -0.0177. The van der Waals surface area contributed by atoms with Crippen molar-refractivity contribution in [3.05, 3.63) is 113 Å². The summed E-state index contributed by atoms with van der Waals surface area (Å²) in [5, 5.41) is 23.6. The molecule has 0 radical (unpaired) electrons. The largest absolute Gasteiger partial charge is 0.392 e. The van der Waals surface area contributed by atoms with Gasteiger partial charge in [-0.3, -0.25) is 4.79 Å². The van der Waals surface area contributed by atoms with Crippen LogP contribution >= 0.6 is 0 Å². The van der Waals surface area contributed by atoms with Gasteiger partial charge >= 0.3 is 0 Å². The molecular weight excluding hydrogens is 426 g/mol. The summed E-state index contributed by atoms with van der Waals surface area (Å²) in [4.78, 5) is 22.5. The van der Waals surface area contributed by atoms with Crippen LogP contribution in [0.15, 0.2) is 78.9 Å². The van der Waals surface area contributed by atoms with Gasteiger partial charge in [0.15, 0.2) is 5.82 Å². The number of aryl methyl sites for hydroxylation is 2. The number of carbonyl (C=O) groups excluding carboxylic acids is 1. The Morgan fingerprint density at radius 2 is 1.65 bits per heavy atom. The molecule has 6 nitrogen and oxygen atoms in total. The van der Waals surface area contributed by atoms with Crippen LogP contribution in [0.1, 0.15) is 39.7 Å². The summed E-state index contributed by atoms with van der Waals surface area (Å²) < 4.78 is 0. The number of nitrogens with one attached hydrogen (secondary N) is 1. The third kappa shape index (κ3) is 4.46. The van der Waals surface area contributed by atoms with Crippen molar-refractivity contribution in [1.29, 1.82) is 0 Å². The van der Waals surface area contributed by atoms with E-state index in [1.165, 1.54) is 0 Å². The molecule has 0 spiro atoms. The van der Waals surface area contributed by atoms with Gasteiger partial charge in [0, 0.05) is 5.56 Å². The fourth-order valence-electron chi connectivity index (χ4n) is 4.34. The third-order valence-electron chi connectivity index (χ3n) is 6.07. The number of aliphatic hydroxyl groups excluding tert-OH is 2. The van der Waals surface area contributed by atoms with Gasteiger partial charge in [-0.15, -0.1) is 0 Å². The van der Waals surface area contributed by atoms with Crippen LogP contribution in [0.3, 0.4) is 0 Å². The summed E-state index contributed by atoms with van der Waals surface area (Å²) in [7, 11) is 0. The van der Waals surface area contributed by atoms with Crippen LogP contribution in [0.4, 0.5) is 5.82 Å². The van der Waals surface area contributed by atoms with Crippen LogP contribution in [-0.2, 0) is 30.7 Å². The van der Waals surface area contributed by atoms with E-state index >= 15 is 0 Å². The Kier molecular flexibility index (Phi) is 6.16. The van der Waals surface area contributed by atoms with Gasteiger partial charge < -0.3 is 15.5 Å². The maximum atomic E-state index is 12.8. The highest BCUT2D eigenvalue weighted by molar-refractivity contribution is 5.92. The third-order valence-corrected chi connectivity index (χ3v) is 6.07. The molecule has 1 amide bonds. The molecule has 1 atom stereocenters. The molecule has 6 heteroatoms. The summed E-state index contributed by atoms with van der Waals surface area (Å²) in [6.07, 6.45) is 0.581. The van der Waals surface area contributed by atoms with Gasteiger partial charge in [-0.2, -0.15) is 0 Å². The maximum Gasteiger partial charge on any atom is 0.229 e. The number of aliphatic hydroxyl groups is 2. The highest BCUT2D eigenvalue weighted by atomic mass is 16.3. The molecule has 0 saturated heterocycles. The van der Waals surface area contributed by atoms with Crippen molar-refractivity contribution >= 4 is 11.7 Å². The minimum absolute atomic E-state index is 0.0177. The highest BCUT2D eigenvalue weighted by Crippen LogP contribution is 2.36. The summed E-state index contributed by atoms with van der Waals surface area (Å²) in [5.74, 6) is 0.0669. The molecular formula is C28H25N3O3. The number of fused-ring (bicyclic) bond motifs is 3. The first kappa shape index (κ1) is 21.9. The molecule has 4 aromatic rings. The topological polar surface area (TPSA) is 95.3 Å². The second kappa shape index (κ2) is 9.55. The molecule has 34 heavy (non-hydrogen) atoms. The lowest BCUT2D eigenvalue weighted by molar-refractivity contribution is -0.115. The lowest BCUT2D eigenvalue weighted by Crippen LogP contribution is -2.21. The summed E-state index contributed by atoms with van der Waals surface area (Å²) in [5.41, 5.74) is 6.24. The zero-order chi connectivity index (χ0) is 23.5. The first-order valence-corrected chi connectivity index (χ1v) is 11.3. The summed E-state index contributed by atoms with van der Waals surface area (Å²) >= 11 is 0. The normalized spacial score (nSPS) is 13.0. The lowest BCUT2D eigenvalue weighted by atomic mass is 9.90. The van der Waals surface area contributed by atoms with E-state index in [-0.39, 0.29) is 24.8 Å². The van der Waals surface area contributed by atoms with E-state index in [0.717, 1.165) is 34.4 Å². The average molecular weight is 452 g/mol. The van der Waals surface area contributed by atoms with E-state index in [1.807, 2.05) is 78.9 Å². The van der Waals surface area contributed by atoms with E-state index in [4.69, 9.17) is 9.97 Å². The molecule has 3 aromatic carbocycles. The van der Waals surface area contributed by atoms with Gasteiger partial charge in [-0.1, -0.05) is 78.9 Å². The molecule has 0 saturated carbocycles. The van der Waals surface area contributed by atoms with Crippen LogP contribution in [0.5, 0.6) is 0 Å². The predicted octanol–water partition coefficient (Wildman–Crippen LogP) is 4.00. The van der Waals surface area contributed by atoms with Gasteiger partial charge in [0.2, 0.25) is 5.91 Å². The molecule has 1 heterocycles. The van der Waals surface area contributed by atoms with Crippen molar-refractivity contribution < 1.29 is 15.0 Å². The predicted molar refractivity (Wildman–Crippen MR) is 130 cm³/mol. The number of hydrogen-bond donors (Lipinski definition) is 3. The molecule has 1 aliphatic rings. The Morgan fingerprint density at radius 3 is 2.38 bits per heavy atom. The van der Waals surface area contributed by atoms with Crippen molar-refractivity contribution in [3.63, 3.8) is 0 Å². The number of carbonyl (C=O) groups is 1. The quantitative estimate of drug-likeness (QED) is 0.412. The lowest BCUT2D eigenvalue weighted by Gasteiger charge is -2.23. The number of rotatable bonds is 6. The average Bonchev–Trinajstić information content (AvgIpc) is 2.88. The van der Waals surface area contributed by atoms with Crippen molar-refractivity contribution in [2.24, 2.45) is 0 Å². The molecule has 0 fully saturated rings. The van der Waals surface area contributed by atoms with E-state index < -0.39 is 6.10 Å². The van der Waals surface area contributed by atoms with Crippen LogP contribution < -0.4 is 5.32 Å². The Balaban J connectivity index is 1.55. The molecule has 1 aromatic heterocycles. The van der Waals surface area contributed by atoms with Crippen molar-refractivity contribution in [2.75, 3.05) is 5.32 Å². The van der Waals surface area contributed by atoms with Crippen LogP contribution in [-0.4, -0.2) is 26.1 Å². The monoisotopic (exact) mass is 451 g/mol. The van der Waals surface area contributed by atoms with Crippen molar-refractivity contribution in [3.8, 4) is 11.3 Å². The number of hydrogen-bond acceptors (Lipinski definition) is 5. The number of anilines is 1. The van der Waals surface area contributed by atoms with Gasteiger partial charge in [-0.25, -0.2) is 9.97 Å². The Hall–Kier alpha value is -3.87. The van der Waals surface area contributed by atoms with E-state index in [0.29, 0.717) is 23.4 Å². The Bertz CT molecular complexity index is 1320. The van der Waals surface area contributed by atoms with E-state index in [2.05, 4.69) is 5.32 Å². The number of amides is 1. The van der Waals surface area contributed by atoms with Crippen LogP contribution in [0.25, 0.3) is 11.3 Å². The first-order valence-electron chi connectivity index (χ1n) is 11.3. The standard InChI is InChI=1S/C28H25N3O3/c32-17-19-11-13-22-21(15-19)12-14-23-25(22)31-26(27(34)20-9-5-2-6-10-20)28(29-23)30-24(33)16-18-7-3-1-4-8-18/h1-11,13,15,27,32,34H,12,14,16-17H2,(H,29,30,33). The molecule has 5 rings (SSSR count). The van der Waals surface area contributed by atoms with Gasteiger partial charge in [-0.05, 0) is 35.1 Å². The zero-order valence-electron chi connectivity index (χ0n) is 18.6. The molecule has 1 unspecified atom stereocenters. The van der Waals surface area contributed by atoms with E-state index in [1.54, 1.807) is 0 Å². The second-order valence-corrected chi connectivity index (χ2v) is 8.43. The van der Waals surface area contributed by atoms with Gasteiger partial charge in [0.25, 0.3) is 0 Å². The van der Waals surface area contributed by atoms with E-state index in [9.17, 15) is 15.0 Å². The molecule has 170 valence electrons. The van der Waals surface area contributed by atoms with Crippen LogP contribution in [0.2, 0.25) is 0 Å². The van der Waals surface area contributed by atoms with Gasteiger partial charge in [0.05, 0.1) is 24.4 Å². The smallest absolute Gasteiger partial charge is 0.229 e. The van der Waals surface area contributed by atoms with Crippen molar-refractivity contribution in [2.45, 2.75) is 32.0 Å². The number of benzene rings is 3. The second-order valence-electron chi connectivity index (χ2n) is 8.43. The number of aromatic nitrogens is 2. The zero-order valence-corrected chi connectivity index (χ0v) is 18.6. The Labute approximate surface area is 198 Å². The number of nitrogens with zero attached hydrogens (tertiary/aromatic N) is 2. The van der Waals surface area contributed by atoms with Gasteiger partial charge in [0.1, 0.15) is 11.8 Å². The molecule has 3 N–H and O–H groups in total. The Morgan fingerprint density at radius 1 is 0.912 bits per heavy atom. The minimum atomic E-state index is -1.05. The fourth-order valence-corrected chi connectivity index (χ4v) is 4.34. The minimum Gasteiger partial charge on any atom is -0.392 e. The molecule has 1 aliphatic carbocycles. The maximum absolute atomic E-state index is 12.8. The summed E-state index contributed by atoms with van der Waals surface area (Å²) in [6, 6.07) is 24.5. The molecule has 0 aliphatic heterocycles. The molecule has 0 bridgehead atoms. The fraction of sp³-hybridized carbons (Fsp3) is 0.179. The van der Waals surface area contributed by atoms with Crippen molar-refractivity contribution in [1.82, 2.24) is 9.97 Å². The SMILES string of the molecule is O=C(Cc1ccccc1)Nc1nc2c(nc1C(O)c1ccccc1)-c1ccc(CO)cc1CC2. The van der Waals surface area contributed by atoms with Crippen LogP contribution in [0, 0.1) is 0 Å². The highest BCUT2D eigenvalue weighted by Gasteiger charge is 2.26. The first-order chi connectivity index (χ1) is 16.6.